The number of rotatable bonds is 16. The van der Waals surface area contributed by atoms with E-state index in [4.69, 9.17) is 11.6 Å². The van der Waals surface area contributed by atoms with Gasteiger partial charge in [-0.3, -0.25) is 0 Å². The molecule has 3 aromatic rings. The van der Waals surface area contributed by atoms with Crippen LogP contribution in [0.5, 0.6) is 0 Å². The summed E-state index contributed by atoms with van der Waals surface area (Å²) in [5, 5.41) is 0.669. The van der Waals surface area contributed by atoms with E-state index in [1.54, 1.807) is 12.1 Å². The SMILES string of the molecule is CCCCCCCCCCc1ccc([C@H]2CC[C@H](CCc3cc(F)c(CCc4ccc(Cl)cc4)c(F)c3)CC2)cc1. The van der Waals surface area contributed by atoms with Crippen LogP contribution in [-0.4, -0.2) is 0 Å². The lowest BCUT2D eigenvalue weighted by atomic mass is 9.76. The second-order valence-corrected chi connectivity index (χ2v) is 12.8. The number of unbranched alkanes of at least 4 members (excludes halogenated alkanes) is 7. The average molecular weight is 579 g/mol. The van der Waals surface area contributed by atoms with Crippen molar-refractivity contribution in [2.24, 2.45) is 5.92 Å². The van der Waals surface area contributed by atoms with E-state index in [-0.39, 0.29) is 5.56 Å². The highest BCUT2D eigenvalue weighted by molar-refractivity contribution is 6.30. The van der Waals surface area contributed by atoms with Gasteiger partial charge >= 0.3 is 0 Å². The summed E-state index contributed by atoms with van der Waals surface area (Å²) in [5.74, 6) is 0.466. The van der Waals surface area contributed by atoms with Gasteiger partial charge in [-0.05, 0) is 123 Å². The van der Waals surface area contributed by atoms with Crippen molar-refractivity contribution in [2.45, 2.75) is 122 Å². The zero-order valence-electron chi connectivity index (χ0n) is 25.1. The Morgan fingerprint density at radius 1 is 0.610 bits per heavy atom. The summed E-state index contributed by atoms with van der Waals surface area (Å²) in [6, 6.07) is 20.0. The molecule has 4 rings (SSSR count). The topological polar surface area (TPSA) is 0 Å². The van der Waals surface area contributed by atoms with Crippen molar-refractivity contribution in [3.63, 3.8) is 0 Å². The molecule has 0 unspecified atom stereocenters. The predicted octanol–water partition coefficient (Wildman–Crippen LogP) is 12.0. The van der Waals surface area contributed by atoms with E-state index in [0.717, 1.165) is 24.0 Å². The summed E-state index contributed by atoms with van der Waals surface area (Å²) in [7, 11) is 0. The second kappa shape index (κ2) is 17.1. The normalized spacial score (nSPS) is 17.2. The van der Waals surface area contributed by atoms with Crippen molar-refractivity contribution >= 4 is 11.6 Å². The van der Waals surface area contributed by atoms with Gasteiger partial charge in [-0.25, -0.2) is 8.78 Å². The molecule has 0 radical (unpaired) electrons. The fourth-order valence-electron chi connectivity index (χ4n) is 6.53. The first-order valence-corrected chi connectivity index (χ1v) is 16.7. The smallest absolute Gasteiger partial charge is 0.129 e. The van der Waals surface area contributed by atoms with Gasteiger partial charge in [0.05, 0.1) is 0 Å². The second-order valence-electron chi connectivity index (χ2n) is 12.4. The minimum atomic E-state index is -0.413. The molecule has 0 saturated heterocycles. The van der Waals surface area contributed by atoms with Crippen LogP contribution in [0.25, 0.3) is 0 Å². The number of hydrogen-bond acceptors (Lipinski definition) is 0. The van der Waals surface area contributed by atoms with Gasteiger partial charge in [-0.15, -0.1) is 0 Å². The molecular weight excluding hydrogens is 530 g/mol. The third kappa shape index (κ3) is 10.5. The van der Waals surface area contributed by atoms with Gasteiger partial charge < -0.3 is 0 Å². The minimum Gasteiger partial charge on any atom is -0.207 e. The van der Waals surface area contributed by atoms with Gasteiger partial charge in [0.1, 0.15) is 11.6 Å². The summed E-state index contributed by atoms with van der Waals surface area (Å²) in [5.41, 5.74) is 4.96. The van der Waals surface area contributed by atoms with E-state index < -0.39 is 11.6 Å². The van der Waals surface area contributed by atoms with Crippen LogP contribution in [0.2, 0.25) is 5.02 Å². The molecule has 0 nitrogen and oxygen atoms in total. The third-order valence-electron chi connectivity index (χ3n) is 9.24. The van der Waals surface area contributed by atoms with E-state index >= 15 is 0 Å². The Kier molecular flexibility index (Phi) is 13.2. The molecule has 1 aliphatic rings. The van der Waals surface area contributed by atoms with Crippen LogP contribution in [0.4, 0.5) is 8.78 Å². The van der Waals surface area contributed by atoms with Crippen LogP contribution in [0.1, 0.15) is 124 Å². The summed E-state index contributed by atoms with van der Waals surface area (Å²) in [6.07, 6.45) is 19.7. The minimum absolute atomic E-state index is 0.188. The Labute approximate surface area is 252 Å². The van der Waals surface area contributed by atoms with E-state index in [2.05, 4.69) is 31.2 Å². The van der Waals surface area contributed by atoms with Crippen molar-refractivity contribution < 1.29 is 8.78 Å². The summed E-state index contributed by atoms with van der Waals surface area (Å²) in [6.45, 7) is 2.28. The summed E-state index contributed by atoms with van der Waals surface area (Å²) in [4.78, 5) is 0. The Morgan fingerprint density at radius 2 is 1.17 bits per heavy atom. The van der Waals surface area contributed by atoms with Crippen LogP contribution >= 0.6 is 11.6 Å². The molecule has 0 atom stereocenters. The number of benzene rings is 3. The molecule has 0 aliphatic heterocycles. The maximum absolute atomic E-state index is 14.8. The first-order chi connectivity index (χ1) is 20.0. The van der Waals surface area contributed by atoms with Crippen LogP contribution in [-0.2, 0) is 25.7 Å². The molecule has 41 heavy (non-hydrogen) atoms. The highest BCUT2D eigenvalue weighted by atomic mass is 35.5. The molecule has 0 N–H and O–H groups in total. The van der Waals surface area contributed by atoms with Crippen molar-refractivity contribution in [1.29, 1.82) is 0 Å². The fraction of sp³-hybridized carbons (Fsp3) is 0.526. The van der Waals surface area contributed by atoms with Crippen LogP contribution in [0.15, 0.2) is 60.7 Å². The van der Waals surface area contributed by atoms with Gasteiger partial charge in [0.25, 0.3) is 0 Å². The Hall–Kier alpha value is -2.19. The van der Waals surface area contributed by atoms with Crippen molar-refractivity contribution in [2.75, 3.05) is 0 Å². The zero-order chi connectivity index (χ0) is 28.9. The van der Waals surface area contributed by atoms with E-state index in [1.807, 2.05) is 24.3 Å². The highest BCUT2D eigenvalue weighted by Crippen LogP contribution is 2.38. The van der Waals surface area contributed by atoms with Crippen LogP contribution in [0, 0.1) is 17.6 Å². The van der Waals surface area contributed by atoms with E-state index in [9.17, 15) is 8.78 Å². The lowest BCUT2D eigenvalue weighted by molar-refractivity contribution is 0.310. The van der Waals surface area contributed by atoms with Gasteiger partial charge in [0, 0.05) is 10.6 Å². The van der Waals surface area contributed by atoms with Gasteiger partial charge in [-0.1, -0.05) is 99.9 Å². The summed E-state index contributed by atoms with van der Waals surface area (Å²) < 4.78 is 29.6. The largest absolute Gasteiger partial charge is 0.207 e. The molecule has 1 aliphatic carbocycles. The lowest BCUT2D eigenvalue weighted by Crippen LogP contribution is -2.14. The first-order valence-electron chi connectivity index (χ1n) is 16.3. The molecule has 0 amide bonds. The first kappa shape index (κ1) is 31.7. The zero-order valence-corrected chi connectivity index (χ0v) is 25.8. The molecule has 1 saturated carbocycles. The Balaban J connectivity index is 1.15. The van der Waals surface area contributed by atoms with Gasteiger partial charge in [-0.2, -0.15) is 0 Å². The van der Waals surface area contributed by atoms with E-state index in [0.29, 0.717) is 29.7 Å². The molecule has 0 spiro atoms. The molecule has 3 aromatic carbocycles. The maximum Gasteiger partial charge on any atom is 0.129 e. The van der Waals surface area contributed by atoms with Crippen molar-refractivity contribution in [3.8, 4) is 0 Å². The average Bonchev–Trinajstić information content (AvgIpc) is 2.98. The molecule has 0 heterocycles. The monoisotopic (exact) mass is 578 g/mol. The predicted molar refractivity (Wildman–Crippen MR) is 171 cm³/mol. The van der Waals surface area contributed by atoms with Crippen molar-refractivity contribution in [1.82, 2.24) is 0 Å². The maximum atomic E-state index is 14.8. The molecule has 0 aromatic heterocycles. The lowest BCUT2D eigenvalue weighted by Gasteiger charge is -2.29. The third-order valence-corrected chi connectivity index (χ3v) is 9.49. The van der Waals surface area contributed by atoms with Crippen molar-refractivity contribution in [3.05, 3.63) is 105 Å². The molecular formula is C38H49ClF2. The van der Waals surface area contributed by atoms with E-state index in [1.165, 1.54) is 94.6 Å². The standard InChI is InChI=1S/C38H49ClF2/c1-2-3-4-5-6-7-8-9-10-29-13-20-33(21-14-29)34-22-15-30(16-23-34)11-12-32-27-37(40)36(38(41)28-32)26-19-31-17-24-35(39)25-18-31/h13-14,17-18,20-21,24-25,27-28,30,34H,2-12,15-16,19,22-23,26H2,1H3/t30-,34-. The van der Waals surface area contributed by atoms with Gasteiger partial charge in [0.2, 0.25) is 0 Å². The molecule has 222 valence electrons. The fourth-order valence-corrected chi connectivity index (χ4v) is 6.66. The van der Waals surface area contributed by atoms with Crippen LogP contribution < -0.4 is 0 Å². The molecule has 3 heteroatoms. The number of aryl methyl sites for hydroxylation is 3. The Morgan fingerprint density at radius 3 is 1.80 bits per heavy atom. The summed E-state index contributed by atoms with van der Waals surface area (Å²) >= 11 is 5.94. The highest BCUT2D eigenvalue weighted by Gasteiger charge is 2.22. The number of halogens is 3. The van der Waals surface area contributed by atoms with Crippen LogP contribution in [0.3, 0.4) is 0 Å². The Bertz CT molecular complexity index is 1140. The quantitative estimate of drug-likeness (QED) is 0.148. The molecule has 0 bridgehead atoms. The molecule has 1 fully saturated rings. The van der Waals surface area contributed by atoms with Gasteiger partial charge in [0.15, 0.2) is 0 Å². The number of hydrogen-bond donors (Lipinski definition) is 0.